The highest BCUT2D eigenvalue weighted by Crippen LogP contribution is 2.36. The lowest BCUT2D eigenvalue weighted by Crippen LogP contribution is -1.97. The molecule has 10 heteroatoms. The summed E-state index contributed by atoms with van der Waals surface area (Å²) in [5.41, 5.74) is 2.11. The van der Waals surface area contributed by atoms with Crippen LogP contribution in [0.3, 0.4) is 0 Å². The summed E-state index contributed by atoms with van der Waals surface area (Å²) in [5, 5.41) is 15.8. The van der Waals surface area contributed by atoms with Crippen LogP contribution in [0.1, 0.15) is 5.56 Å². The molecule has 0 spiro atoms. The zero-order chi connectivity index (χ0) is 22.0. The van der Waals surface area contributed by atoms with Crippen LogP contribution in [0.15, 0.2) is 65.2 Å². The lowest BCUT2D eigenvalue weighted by atomic mass is 10.1. The van der Waals surface area contributed by atoms with Crippen LogP contribution in [-0.2, 0) is 6.61 Å². The Bertz CT molecular complexity index is 1240. The van der Waals surface area contributed by atoms with Crippen molar-refractivity contribution in [3.05, 3.63) is 91.4 Å². The lowest BCUT2D eigenvalue weighted by molar-refractivity contribution is -0.384. The van der Waals surface area contributed by atoms with Gasteiger partial charge in [-0.1, -0.05) is 52.1 Å². The van der Waals surface area contributed by atoms with Crippen LogP contribution in [0, 0.1) is 10.1 Å². The molecule has 0 radical (unpaired) electrons. The number of non-ortho nitro benzene ring substituents is 1. The van der Waals surface area contributed by atoms with Crippen LogP contribution in [0.4, 0.5) is 5.69 Å². The monoisotopic (exact) mass is 475 g/mol. The first kappa shape index (κ1) is 21.1. The summed E-state index contributed by atoms with van der Waals surface area (Å²) in [5.74, 6) is 0.973. The lowest BCUT2D eigenvalue weighted by Gasteiger charge is -2.10. The Morgan fingerprint density at radius 2 is 1.68 bits per heavy atom. The largest absolute Gasteiger partial charge is 0.486 e. The summed E-state index contributed by atoms with van der Waals surface area (Å²) in [7, 11) is 0. The quantitative estimate of drug-likeness (QED) is 0.223. The Morgan fingerprint density at radius 3 is 2.35 bits per heavy atom. The van der Waals surface area contributed by atoms with Crippen molar-refractivity contribution >= 4 is 40.5 Å². The second-order valence-electron chi connectivity index (χ2n) is 6.41. The predicted octanol–water partition coefficient (Wildman–Crippen LogP) is 6.85. The number of hydrogen-bond acceptors (Lipinski definition) is 6. The highest BCUT2D eigenvalue weighted by atomic mass is 35.5. The van der Waals surface area contributed by atoms with Crippen molar-refractivity contribution in [1.82, 2.24) is 10.1 Å². The molecule has 0 N–H and O–H groups in total. The number of aromatic nitrogens is 2. The van der Waals surface area contributed by atoms with E-state index in [1.165, 1.54) is 12.1 Å². The number of ether oxygens (including phenoxy) is 1. The van der Waals surface area contributed by atoms with Crippen LogP contribution in [-0.4, -0.2) is 15.1 Å². The number of halogens is 3. The minimum atomic E-state index is -0.469. The number of benzene rings is 3. The van der Waals surface area contributed by atoms with Crippen molar-refractivity contribution in [2.24, 2.45) is 0 Å². The van der Waals surface area contributed by atoms with Gasteiger partial charge in [-0.3, -0.25) is 10.1 Å². The van der Waals surface area contributed by atoms with E-state index in [-0.39, 0.29) is 12.3 Å². The van der Waals surface area contributed by atoms with E-state index in [4.69, 9.17) is 44.1 Å². The van der Waals surface area contributed by atoms with Gasteiger partial charge in [0.2, 0.25) is 5.82 Å². The van der Waals surface area contributed by atoms with Gasteiger partial charge < -0.3 is 9.26 Å². The van der Waals surface area contributed by atoms with Crippen molar-refractivity contribution in [2.45, 2.75) is 6.61 Å². The summed E-state index contributed by atoms with van der Waals surface area (Å²) in [6.07, 6.45) is 0. The first-order valence-electron chi connectivity index (χ1n) is 8.86. The maximum Gasteiger partial charge on any atom is 0.269 e. The Hall–Kier alpha value is -3.13. The van der Waals surface area contributed by atoms with Crippen LogP contribution in [0.5, 0.6) is 5.75 Å². The standard InChI is InChI=1S/C21H12Cl3N3O4/c22-15-9-17(23)19(18(24)10-15)30-11-12-2-1-3-14(8-12)21-25-20(26-31-21)13-4-6-16(7-5-13)27(28)29/h1-10H,11H2. The van der Waals surface area contributed by atoms with Crippen molar-refractivity contribution in [2.75, 3.05) is 0 Å². The molecular formula is C21H12Cl3N3O4. The van der Waals surface area contributed by atoms with E-state index in [1.54, 1.807) is 24.3 Å². The molecule has 31 heavy (non-hydrogen) atoms. The van der Waals surface area contributed by atoms with E-state index in [2.05, 4.69) is 10.1 Å². The van der Waals surface area contributed by atoms with Crippen LogP contribution < -0.4 is 4.74 Å². The minimum Gasteiger partial charge on any atom is -0.486 e. The second-order valence-corrected chi connectivity index (χ2v) is 7.67. The molecule has 0 aliphatic rings. The SMILES string of the molecule is O=[N+]([O-])c1ccc(-c2noc(-c3cccc(COc4c(Cl)cc(Cl)cc4Cl)c3)n2)cc1. The molecule has 0 amide bonds. The Kier molecular flexibility index (Phi) is 6.08. The average molecular weight is 477 g/mol. The van der Waals surface area contributed by atoms with Gasteiger partial charge in [0.1, 0.15) is 6.61 Å². The molecule has 1 aromatic heterocycles. The van der Waals surface area contributed by atoms with Gasteiger partial charge in [0.15, 0.2) is 5.75 Å². The van der Waals surface area contributed by atoms with Crippen molar-refractivity contribution < 1.29 is 14.2 Å². The van der Waals surface area contributed by atoms with Gasteiger partial charge in [0, 0.05) is 28.3 Å². The topological polar surface area (TPSA) is 91.3 Å². The fourth-order valence-corrected chi connectivity index (χ4v) is 3.73. The normalized spacial score (nSPS) is 10.8. The van der Waals surface area contributed by atoms with E-state index in [0.29, 0.717) is 43.7 Å². The summed E-state index contributed by atoms with van der Waals surface area (Å²) >= 11 is 18.2. The van der Waals surface area contributed by atoms with Gasteiger partial charge in [-0.2, -0.15) is 4.98 Å². The maximum atomic E-state index is 10.8. The molecule has 0 bridgehead atoms. The summed E-state index contributed by atoms with van der Waals surface area (Å²) < 4.78 is 11.1. The highest BCUT2D eigenvalue weighted by molar-refractivity contribution is 6.40. The summed E-state index contributed by atoms with van der Waals surface area (Å²) in [6.45, 7) is 0.207. The third-order valence-corrected chi connectivity index (χ3v) is 5.06. The Balaban J connectivity index is 1.52. The zero-order valence-corrected chi connectivity index (χ0v) is 17.9. The van der Waals surface area contributed by atoms with Crippen molar-refractivity contribution in [3.63, 3.8) is 0 Å². The molecule has 0 saturated heterocycles. The van der Waals surface area contributed by atoms with Crippen LogP contribution >= 0.6 is 34.8 Å². The number of hydrogen-bond donors (Lipinski definition) is 0. The molecule has 3 aromatic carbocycles. The van der Waals surface area contributed by atoms with Gasteiger partial charge in [-0.05, 0) is 42.0 Å². The first-order chi connectivity index (χ1) is 14.9. The van der Waals surface area contributed by atoms with Gasteiger partial charge in [0.05, 0.1) is 15.0 Å². The van der Waals surface area contributed by atoms with E-state index in [9.17, 15) is 10.1 Å². The van der Waals surface area contributed by atoms with Gasteiger partial charge in [-0.15, -0.1) is 0 Å². The Morgan fingerprint density at radius 1 is 0.968 bits per heavy atom. The predicted molar refractivity (Wildman–Crippen MR) is 118 cm³/mol. The number of nitrogens with zero attached hydrogens (tertiary/aromatic N) is 3. The number of nitro groups is 1. The molecule has 0 aliphatic carbocycles. The Labute approximate surface area is 191 Å². The average Bonchev–Trinajstić information content (AvgIpc) is 3.23. The third kappa shape index (κ3) is 4.80. The summed E-state index contributed by atoms with van der Waals surface area (Å²) in [4.78, 5) is 14.7. The van der Waals surface area contributed by atoms with Gasteiger partial charge >= 0.3 is 0 Å². The maximum absolute atomic E-state index is 10.8. The van der Waals surface area contributed by atoms with E-state index >= 15 is 0 Å². The van der Waals surface area contributed by atoms with Gasteiger partial charge in [0.25, 0.3) is 11.6 Å². The molecule has 0 aliphatic heterocycles. The van der Waals surface area contributed by atoms with E-state index < -0.39 is 4.92 Å². The van der Waals surface area contributed by atoms with E-state index in [0.717, 1.165) is 5.56 Å². The molecule has 156 valence electrons. The van der Waals surface area contributed by atoms with Crippen LogP contribution in [0.25, 0.3) is 22.8 Å². The van der Waals surface area contributed by atoms with Crippen molar-refractivity contribution in [1.29, 1.82) is 0 Å². The van der Waals surface area contributed by atoms with E-state index in [1.807, 2.05) is 24.3 Å². The number of nitro benzene ring substituents is 1. The minimum absolute atomic E-state index is 0.0129. The molecule has 0 saturated carbocycles. The highest BCUT2D eigenvalue weighted by Gasteiger charge is 2.14. The molecule has 1 heterocycles. The molecule has 0 atom stereocenters. The molecule has 4 aromatic rings. The summed E-state index contributed by atoms with van der Waals surface area (Å²) in [6, 6.07) is 16.4. The fraction of sp³-hybridized carbons (Fsp3) is 0.0476. The third-order valence-electron chi connectivity index (χ3n) is 4.28. The zero-order valence-electron chi connectivity index (χ0n) is 15.6. The molecule has 0 fully saturated rings. The second kappa shape index (κ2) is 8.93. The molecular weight excluding hydrogens is 465 g/mol. The van der Waals surface area contributed by atoms with Gasteiger partial charge in [-0.25, -0.2) is 0 Å². The molecule has 7 nitrogen and oxygen atoms in total. The first-order valence-corrected chi connectivity index (χ1v) is 9.99. The molecule has 0 unspecified atom stereocenters. The number of rotatable bonds is 6. The van der Waals surface area contributed by atoms with Crippen LogP contribution in [0.2, 0.25) is 15.1 Å². The fourth-order valence-electron chi connectivity index (χ4n) is 2.81. The molecule has 4 rings (SSSR count). The van der Waals surface area contributed by atoms with Crippen molar-refractivity contribution in [3.8, 4) is 28.6 Å². The smallest absolute Gasteiger partial charge is 0.269 e.